The average Bonchev–Trinajstić information content (AvgIpc) is 2.95. The molecule has 1 aliphatic heterocycles. The molecule has 1 heterocycles. The number of hydrogen-bond donors (Lipinski definition) is 1. The van der Waals surface area contributed by atoms with E-state index in [1.165, 1.54) is 18.4 Å². The maximum Gasteiger partial charge on any atom is 0.236 e. The number of likely N-dealkylation sites (tertiary alicyclic amines) is 1. The van der Waals surface area contributed by atoms with E-state index in [0.717, 1.165) is 13.1 Å². The summed E-state index contributed by atoms with van der Waals surface area (Å²) in [7, 11) is 3.50. The van der Waals surface area contributed by atoms with Gasteiger partial charge >= 0.3 is 0 Å². The highest BCUT2D eigenvalue weighted by molar-refractivity contribution is 5.78. The molecule has 4 heteroatoms. The Bertz CT molecular complexity index is 348. The molecule has 1 fully saturated rings. The summed E-state index contributed by atoms with van der Waals surface area (Å²) in [4.78, 5) is 13.0. The molecule has 1 amide bonds. The van der Waals surface area contributed by atoms with Crippen molar-refractivity contribution in [3.8, 4) is 0 Å². The Labute approximate surface area is 115 Å². The summed E-state index contributed by atoms with van der Waals surface area (Å²) < 4.78 is 4.93. The van der Waals surface area contributed by atoms with Crippen molar-refractivity contribution in [1.29, 1.82) is 0 Å². The number of amides is 1. The molecule has 1 aliphatic rings. The Morgan fingerprint density at radius 2 is 1.89 bits per heavy atom. The van der Waals surface area contributed by atoms with Crippen LogP contribution in [0.3, 0.4) is 0 Å². The lowest BCUT2D eigenvalue weighted by Gasteiger charge is -2.13. The smallest absolute Gasteiger partial charge is 0.236 e. The molecule has 1 aromatic rings. The molecular weight excluding hydrogens is 240 g/mol. The van der Waals surface area contributed by atoms with Crippen molar-refractivity contribution in [2.75, 3.05) is 33.8 Å². The Balaban J connectivity index is 0.000000191. The predicted octanol–water partition coefficient (Wildman–Crippen LogP) is 1.66. The number of likely N-dealkylation sites (N-methyl/N-ethyl adjacent to an activating group) is 1. The fourth-order valence-electron chi connectivity index (χ4n) is 1.97. The maximum absolute atomic E-state index is 11.1. The number of hydrogen-bond acceptors (Lipinski definition) is 3. The summed E-state index contributed by atoms with van der Waals surface area (Å²) in [6.45, 7) is 3.11. The quantitative estimate of drug-likeness (QED) is 0.899. The zero-order valence-electron chi connectivity index (χ0n) is 11.9. The molecule has 0 aliphatic carbocycles. The fraction of sp³-hybridized carbons (Fsp3) is 0.533. The van der Waals surface area contributed by atoms with E-state index in [-0.39, 0.29) is 5.91 Å². The van der Waals surface area contributed by atoms with Gasteiger partial charge in [-0.3, -0.25) is 4.79 Å². The highest BCUT2D eigenvalue weighted by atomic mass is 16.5. The van der Waals surface area contributed by atoms with Crippen LogP contribution in [-0.4, -0.2) is 44.6 Å². The molecule has 0 aromatic heterocycles. The van der Waals surface area contributed by atoms with Gasteiger partial charge in [0, 0.05) is 20.2 Å². The van der Waals surface area contributed by atoms with Crippen molar-refractivity contribution < 1.29 is 9.53 Å². The molecule has 19 heavy (non-hydrogen) atoms. The molecule has 4 nitrogen and oxygen atoms in total. The Hall–Kier alpha value is -1.39. The minimum Gasteiger partial charge on any atom is -0.380 e. The van der Waals surface area contributed by atoms with Crippen LogP contribution < -0.4 is 5.32 Å². The van der Waals surface area contributed by atoms with Gasteiger partial charge < -0.3 is 15.0 Å². The van der Waals surface area contributed by atoms with E-state index in [4.69, 9.17) is 4.74 Å². The van der Waals surface area contributed by atoms with Gasteiger partial charge in [-0.1, -0.05) is 30.3 Å². The van der Waals surface area contributed by atoms with Crippen molar-refractivity contribution in [3.05, 3.63) is 35.9 Å². The summed E-state index contributed by atoms with van der Waals surface area (Å²) in [5.74, 6) is 0.236. The van der Waals surface area contributed by atoms with Crippen molar-refractivity contribution in [2.45, 2.75) is 19.4 Å². The molecule has 1 saturated heterocycles. The van der Waals surface area contributed by atoms with E-state index in [1.807, 2.05) is 35.2 Å². The minimum atomic E-state index is 0.236. The van der Waals surface area contributed by atoms with Crippen LogP contribution in [0.1, 0.15) is 18.4 Å². The second kappa shape index (κ2) is 9.53. The Morgan fingerprint density at radius 3 is 2.42 bits per heavy atom. The van der Waals surface area contributed by atoms with E-state index in [9.17, 15) is 4.79 Å². The fourth-order valence-corrected chi connectivity index (χ4v) is 1.97. The lowest BCUT2D eigenvalue weighted by atomic mass is 10.2. The van der Waals surface area contributed by atoms with Crippen LogP contribution in [0, 0.1) is 0 Å². The third-order valence-corrected chi connectivity index (χ3v) is 2.94. The zero-order valence-corrected chi connectivity index (χ0v) is 11.9. The summed E-state index contributed by atoms with van der Waals surface area (Å²) in [6, 6.07) is 10.1. The van der Waals surface area contributed by atoms with Crippen LogP contribution in [0.4, 0.5) is 0 Å². The molecule has 1 aromatic carbocycles. The van der Waals surface area contributed by atoms with Crippen LogP contribution in [0.15, 0.2) is 30.3 Å². The molecule has 0 spiro atoms. The van der Waals surface area contributed by atoms with Gasteiger partial charge in [0.1, 0.15) is 0 Å². The topological polar surface area (TPSA) is 41.6 Å². The molecule has 0 unspecified atom stereocenters. The number of ether oxygens (including phenoxy) is 1. The highest BCUT2D eigenvalue weighted by Crippen LogP contribution is 2.06. The molecule has 0 bridgehead atoms. The van der Waals surface area contributed by atoms with E-state index in [1.54, 1.807) is 14.2 Å². The zero-order chi connectivity index (χ0) is 13.9. The third kappa shape index (κ3) is 6.36. The molecular formula is C15H24N2O2. The van der Waals surface area contributed by atoms with Gasteiger partial charge in [0.15, 0.2) is 0 Å². The second-order valence-corrected chi connectivity index (χ2v) is 4.54. The van der Waals surface area contributed by atoms with Gasteiger partial charge in [0.2, 0.25) is 5.91 Å². The standard InChI is InChI=1S/C8H10O.C7H14N2O/c1-9-7-8-5-3-2-4-6-8;1-8-6-7(10)9-4-2-3-5-9/h2-6H,7H2,1H3;8H,2-6H2,1H3. The maximum atomic E-state index is 11.1. The van der Waals surface area contributed by atoms with Crippen molar-refractivity contribution in [1.82, 2.24) is 10.2 Å². The predicted molar refractivity (Wildman–Crippen MR) is 76.9 cm³/mol. The average molecular weight is 264 g/mol. The van der Waals surface area contributed by atoms with Crippen LogP contribution in [0.5, 0.6) is 0 Å². The lowest BCUT2D eigenvalue weighted by molar-refractivity contribution is -0.129. The van der Waals surface area contributed by atoms with Crippen LogP contribution in [0.25, 0.3) is 0 Å². The monoisotopic (exact) mass is 264 g/mol. The summed E-state index contributed by atoms with van der Waals surface area (Å²) in [5, 5.41) is 2.85. The van der Waals surface area contributed by atoms with Gasteiger partial charge in [-0.25, -0.2) is 0 Å². The molecule has 0 saturated carbocycles. The molecule has 2 rings (SSSR count). The first kappa shape index (κ1) is 15.7. The summed E-state index contributed by atoms with van der Waals surface area (Å²) in [6.07, 6.45) is 2.35. The normalized spacial score (nSPS) is 13.9. The summed E-state index contributed by atoms with van der Waals surface area (Å²) >= 11 is 0. The first-order chi connectivity index (χ1) is 9.27. The van der Waals surface area contributed by atoms with Crippen LogP contribution in [-0.2, 0) is 16.1 Å². The number of methoxy groups -OCH3 is 1. The van der Waals surface area contributed by atoms with Gasteiger partial charge in [-0.15, -0.1) is 0 Å². The van der Waals surface area contributed by atoms with Crippen LogP contribution >= 0.6 is 0 Å². The second-order valence-electron chi connectivity index (χ2n) is 4.54. The number of nitrogens with one attached hydrogen (secondary N) is 1. The molecule has 1 N–H and O–H groups in total. The summed E-state index contributed by atoms with van der Waals surface area (Å²) in [5.41, 5.74) is 1.22. The van der Waals surface area contributed by atoms with Crippen molar-refractivity contribution >= 4 is 5.91 Å². The number of rotatable bonds is 4. The Kier molecular flexibility index (Phi) is 7.86. The number of nitrogens with zero attached hydrogens (tertiary/aromatic N) is 1. The van der Waals surface area contributed by atoms with E-state index in [0.29, 0.717) is 13.2 Å². The van der Waals surface area contributed by atoms with Gasteiger partial charge in [-0.2, -0.15) is 0 Å². The van der Waals surface area contributed by atoms with Gasteiger partial charge in [0.05, 0.1) is 13.2 Å². The van der Waals surface area contributed by atoms with Crippen LogP contribution in [0.2, 0.25) is 0 Å². The first-order valence-electron chi connectivity index (χ1n) is 6.73. The minimum absolute atomic E-state index is 0.236. The van der Waals surface area contributed by atoms with Gasteiger partial charge in [0.25, 0.3) is 0 Å². The lowest BCUT2D eigenvalue weighted by Crippen LogP contribution is -2.34. The first-order valence-corrected chi connectivity index (χ1v) is 6.73. The largest absolute Gasteiger partial charge is 0.380 e. The number of carbonyl (C=O) groups excluding carboxylic acids is 1. The highest BCUT2D eigenvalue weighted by Gasteiger charge is 2.15. The SMILES string of the molecule is CNCC(=O)N1CCCC1.COCc1ccccc1. The van der Waals surface area contributed by atoms with E-state index in [2.05, 4.69) is 5.32 Å². The molecule has 0 atom stereocenters. The van der Waals surface area contributed by atoms with Crippen molar-refractivity contribution in [3.63, 3.8) is 0 Å². The van der Waals surface area contributed by atoms with Crippen molar-refractivity contribution in [2.24, 2.45) is 0 Å². The molecule has 0 radical (unpaired) electrons. The number of benzene rings is 1. The molecule has 106 valence electrons. The number of carbonyl (C=O) groups is 1. The van der Waals surface area contributed by atoms with E-state index < -0.39 is 0 Å². The van der Waals surface area contributed by atoms with E-state index >= 15 is 0 Å². The third-order valence-electron chi connectivity index (χ3n) is 2.94. The van der Waals surface area contributed by atoms with Gasteiger partial charge in [-0.05, 0) is 25.5 Å². The Morgan fingerprint density at radius 1 is 1.26 bits per heavy atom.